The number of carbonyl (C=O) groups is 1. The van der Waals surface area contributed by atoms with E-state index in [0.717, 1.165) is 57.8 Å². The number of aliphatic hydroxyl groups is 3. The molecule has 1 aromatic rings. The lowest BCUT2D eigenvalue weighted by Crippen LogP contribution is -2.62. The Morgan fingerprint density at radius 1 is 0.893 bits per heavy atom. The number of azide groups is 1. The monoisotopic (exact) mass is 1070 g/mol. The van der Waals surface area contributed by atoms with Crippen LogP contribution in [0.1, 0.15) is 206 Å². The van der Waals surface area contributed by atoms with Gasteiger partial charge < -0.3 is 30.7 Å². The van der Waals surface area contributed by atoms with Crippen LogP contribution in [0.15, 0.2) is 20.9 Å². The van der Waals surface area contributed by atoms with E-state index >= 15 is 0 Å². The number of carbonyl (C=O) groups excluding carboxylic acids is 1. The van der Waals surface area contributed by atoms with Gasteiger partial charge in [-0.05, 0) is 117 Å². The third-order valence-corrected chi connectivity index (χ3v) is 20.7. The quantitative estimate of drug-likeness (QED) is 0.0112. The van der Waals surface area contributed by atoms with Crippen molar-refractivity contribution in [2.45, 2.75) is 238 Å². The van der Waals surface area contributed by atoms with Crippen LogP contribution in [-0.4, -0.2) is 101 Å². The molecule has 75 heavy (non-hydrogen) atoms. The number of nitrogens with one attached hydrogen (secondary N) is 4. The molecule has 0 bridgehead atoms. The Morgan fingerprint density at radius 2 is 1.55 bits per heavy atom. The zero-order chi connectivity index (χ0) is 54.0. The highest BCUT2D eigenvalue weighted by atomic mass is 31.2. The molecule has 6 rings (SSSR count). The van der Waals surface area contributed by atoms with Crippen LogP contribution in [0.25, 0.3) is 10.4 Å². The van der Waals surface area contributed by atoms with Crippen LogP contribution in [0, 0.1) is 53.3 Å². The first-order valence-electron chi connectivity index (χ1n) is 29.7. The molecule has 1 amide bonds. The molecule has 5 aliphatic rings. The van der Waals surface area contributed by atoms with E-state index in [4.69, 9.17) is 13.8 Å². The number of H-pyrrole nitrogens is 1. The number of aromatic amines is 1. The van der Waals surface area contributed by atoms with Crippen LogP contribution in [0.2, 0.25) is 0 Å². The number of rotatable bonds is 34. The average molecular weight is 1080 g/mol. The highest BCUT2D eigenvalue weighted by Gasteiger charge is 2.65. The zero-order valence-electron chi connectivity index (χ0n) is 46.6. The third-order valence-electron chi connectivity index (χ3n) is 19.1. The molecule has 1 saturated heterocycles. The van der Waals surface area contributed by atoms with Crippen molar-refractivity contribution < 1.29 is 38.5 Å². The van der Waals surface area contributed by atoms with Gasteiger partial charge in [0.05, 0.1) is 43.7 Å². The summed E-state index contributed by atoms with van der Waals surface area (Å²) in [6.45, 7) is 12.2. The molecule has 0 radical (unpaired) electrons. The van der Waals surface area contributed by atoms with Gasteiger partial charge in [-0.3, -0.25) is 28.2 Å². The molecule has 18 nitrogen and oxygen atoms in total. The molecular weight excluding hydrogens is 976 g/mol. The summed E-state index contributed by atoms with van der Waals surface area (Å²) in [6.07, 6.45) is 25.5. The maximum atomic E-state index is 14.2. The normalized spacial score (nSPS) is 32.5. The Balaban J connectivity index is 0.904. The lowest BCUT2D eigenvalue weighted by atomic mass is 9.43. The molecule has 1 aliphatic heterocycles. The first kappa shape index (κ1) is 61.6. The number of hydrogen-bond donors (Lipinski definition) is 7. The van der Waals surface area contributed by atoms with Crippen molar-refractivity contribution in [3.05, 3.63) is 43.0 Å². The van der Waals surface area contributed by atoms with Gasteiger partial charge in [0.15, 0.2) is 0 Å². The van der Waals surface area contributed by atoms with Gasteiger partial charge >= 0.3 is 13.4 Å². The maximum Gasteiger partial charge on any atom is 0.405 e. The van der Waals surface area contributed by atoms with E-state index in [2.05, 4.69) is 58.4 Å². The van der Waals surface area contributed by atoms with Crippen LogP contribution in [0.4, 0.5) is 0 Å². The van der Waals surface area contributed by atoms with Crippen LogP contribution in [-0.2, 0) is 23.1 Å². The van der Waals surface area contributed by atoms with Crippen molar-refractivity contribution in [1.82, 2.24) is 25.3 Å². The Kier molecular flexibility index (Phi) is 24.7. The highest BCUT2D eigenvalue weighted by molar-refractivity contribution is 7.51. The van der Waals surface area contributed by atoms with E-state index in [-0.39, 0.29) is 84.5 Å². The summed E-state index contributed by atoms with van der Waals surface area (Å²) in [5.41, 5.74) is 8.21. The minimum Gasteiger partial charge on any atom is -0.393 e. The molecule has 0 aromatic carbocycles. The number of unbranched alkanes of at least 4 members (excludes halogenated alkanes) is 15. The molecule has 4 saturated carbocycles. The molecule has 1 aromatic heterocycles. The minimum atomic E-state index is -3.89. The SMILES string of the molecule is CCCCCCCCCCCCCCCCCCOP(=O)(NCCNCCNC(=O)CCC(C)[C@H]1CC[C@H]2[C@@H]3[C@H](O)C[C@@H]4C[C@H](O)CC[C@]4(C)[C@H]3C[C@H](O)[C@]12C)OC[C@H]1O[C@@H](n2cc(C)c(=O)[nH]c2=O)CC1N=[N+]=[N-]. The molecule has 19 heteroatoms. The van der Waals surface area contributed by atoms with E-state index in [1.807, 2.05) is 0 Å². The van der Waals surface area contributed by atoms with Crippen LogP contribution < -0.4 is 27.0 Å². The van der Waals surface area contributed by atoms with Crippen molar-refractivity contribution in [3.63, 3.8) is 0 Å². The first-order valence-corrected chi connectivity index (χ1v) is 31.3. The summed E-state index contributed by atoms with van der Waals surface area (Å²) in [4.78, 5) is 43.1. The Labute approximate surface area is 448 Å². The lowest BCUT2D eigenvalue weighted by Gasteiger charge is -2.63. The van der Waals surface area contributed by atoms with E-state index in [9.17, 15) is 39.8 Å². The predicted octanol–water partition coefficient (Wildman–Crippen LogP) is 9.89. The van der Waals surface area contributed by atoms with Crippen molar-refractivity contribution in [1.29, 1.82) is 0 Å². The number of nitrogens with zero attached hydrogens (tertiary/aromatic N) is 4. The van der Waals surface area contributed by atoms with Crippen molar-refractivity contribution >= 4 is 13.7 Å². The Morgan fingerprint density at radius 3 is 2.21 bits per heavy atom. The molecule has 428 valence electrons. The zero-order valence-corrected chi connectivity index (χ0v) is 47.5. The van der Waals surface area contributed by atoms with Crippen LogP contribution >= 0.6 is 7.75 Å². The van der Waals surface area contributed by atoms with Crippen molar-refractivity contribution in [2.75, 3.05) is 39.4 Å². The van der Waals surface area contributed by atoms with Gasteiger partial charge in [0.25, 0.3) is 5.56 Å². The fourth-order valence-electron chi connectivity index (χ4n) is 14.6. The maximum absolute atomic E-state index is 14.2. The van der Waals surface area contributed by atoms with Crippen molar-refractivity contribution in [3.8, 4) is 0 Å². The van der Waals surface area contributed by atoms with E-state index < -0.39 is 49.6 Å². The number of aryl methyl sites for hydroxylation is 1. The molecule has 0 spiro atoms. The van der Waals surface area contributed by atoms with Gasteiger partial charge in [0, 0.05) is 55.7 Å². The summed E-state index contributed by atoms with van der Waals surface area (Å²) in [5.74, 6) is 1.40. The number of aliphatic hydroxyl groups excluding tert-OH is 3. The standard InChI is InChI=1S/C56H99N8O10P/c1-6-7-8-9-10-11-12-13-14-15-16-17-18-19-20-21-32-72-75(71,73-38-48-46(62-63-57)36-51(74-48)64-37-40(3)53(69)61-54(64)70)60-31-29-58-28-30-59-50(68)25-22-39(2)43-23-24-44-52-45(35-49(67)56(43,44)5)55(4)27-26-42(65)33-41(55)34-47(52)66/h37,39,41-49,51-52,58,65-67H,6-36,38H2,1-5H3,(H,59,68)(H,60,71)(H,61,69,70)/t39?,41-,42+,43+,44-,45-,46?,47+,48+,49-,51+,52-,55-,56+,75?/m0/s1. The summed E-state index contributed by atoms with van der Waals surface area (Å²) >= 11 is 0. The fourth-order valence-corrected chi connectivity index (χ4v) is 16.0. The third kappa shape index (κ3) is 16.7. The van der Waals surface area contributed by atoms with Crippen LogP contribution in [0.5, 0.6) is 0 Å². The van der Waals surface area contributed by atoms with E-state index in [1.165, 1.54) is 87.8 Å². The predicted molar refractivity (Wildman–Crippen MR) is 293 cm³/mol. The second-order valence-corrected chi connectivity index (χ2v) is 25.9. The number of amides is 1. The van der Waals surface area contributed by atoms with Gasteiger partial charge in [-0.15, -0.1) is 0 Å². The molecular formula is C56H99N8O10P. The first-order chi connectivity index (χ1) is 36.0. The summed E-state index contributed by atoms with van der Waals surface area (Å²) in [6, 6.07) is -0.735. The summed E-state index contributed by atoms with van der Waals surface area (Å²) in [7, 11) is -3.89. The topological polar surface area (TPSA) is 262 Å². The van der Waals surface area contributed by atoms with Crippen LogP contribution in [0.3, 0.4) is 0 Å². The summed E-state index contributed by atoms with van der Waals surface area (Å²) < 4.78 is 33.5. The Bertz CT molecular complexity index is 2120. The van der Waals surface area contributed by atoms with Crippen molar-refractivity contribution in [2.24, 2.45) is 51.5 Å². The molecule has 4 aliphatic carbocycles. The smallest absolute Gasteiger partial charge is 0.393 e. The second-order valence-electron chi connectivity index (χ2n) is 24.1. The van der Waals surface area contributed by atoms with Gasteiger partial charge in [-0.1, -0.05) is 129 Å². The van der Waals surface area contributed by atoms with E-state index in [0.29, 0.717) is 50.9 Å². The molecule has 15 atom stereocenters. The Hall–Kier alpha value is -2.63. The van der Waals surface area contributed by atoms with Gasteiger partial charge in [-0.2, -0.15) is 0 Å². The minimum absolute atomic E-state index is 0.0248. The molecule has 7 N–H and O–H groups in total. The average Bonchev–Trinajstić information content (AvgIpc) is 3.96. The molecule has 5 fully saturated rings. The number of hydrogen-bond acceptors (Lipinski definition) is 12. The van der Waals surface area contributed by atoms with E-state index in [1.54, 1.807) is 6.92 Å². The lowest BCUT2D eigenvalue weighted by molar-refractivity contribution is -0.207. The second kappa shape index (κ2) is 30.1. The number of aromatic nitrogens is 2. The highest BCUT2D eigenvalue weighted by Crippen LogP contribution is 2.68. The molecule has 2 heterocycles. The van der Waals surface area contributed by atoms with Gasteiger partial charge in [0.1, 0.15) is 6.23 Å². The largest absolute Gasteiger partial charge is 0.405 e. The number of fused-ring (bicyclic) bond motifs is 5. The van der Waals surface area contributed by atoms with Gasteiger partial charge in [-0.25, -0.2) is 14.4 Å². The van der Waals surface area contributed by atoms with Gasteiger partial charge in [0.2, 0.25) is 5.91 Å². The summed E-state index contributed by atoms with van der Waals surface area (Å²) in [5, 5.41) is 47.3. The molecule has 3 unspecified atom stereocenters. The fraction of sp³-hybridized carbons (Fsp3) is 0.911. The number of ether oxygens (including phenoxy) is 1.